The predicted octanol–water partition coefficient (Wildman–Crippen LogP) is 2.64. The average Bonchev–Trinajstić information content (AvgIpc) is 3.10. The number of rotatable bonds is 4. The van der Waals surface area contributed by atoms with Gasteiger partial charge >= 0.3 is 0 Å². The first-order valence-corrected chi connectivity index (χ1v) is 9.00. The van der Waals surface area contributed by atoms with Crippen LogP contribution in [0.5, 0.6) is 5.75 Å². The molecule has 6 nitrogen and oxygen atoms in total. The zero-order chi connectivity index (χ0) is 18.8. The number of benzene rings is 2. The van der Waals surface area contributed by atoms with Crippen LogP contribution in [0, 0.1) is 0 Å². The van der Waals surface area contributed by atoms with Crippen molar-refractivity contribution in [3.8, 4) is 5.75 Å². The molecule has 27 heavy (non-hydrogen) atoms. The fraction of sp³-hybridized carbons (Fsp3) is 0.238. The molecular weight excluding hydrogens is 342 g/mol. The topological polar surface area (TPSA) is 74.4 Å². The van der Waals surface area contributed by atoms with Crippen molar-refractivity contribution in [1.82, 2.24) is 10.3 Å². The highest BCUT2D eigenvalue weighted by Crippen LogP contribution is 2.33. The molecule has 138 valence electrons. The minimum atomic E-state index is -0.716. The Morgan fingerprint density at radius 2 is 1.96 bits per heavy atom. The number of aromatic amines is 1. The van der Waals surface area contributed by atoms with Gasteiger partial charge in [0.2, 0.25) is 5.91 Å². The molecule has 1 aromatic heterocycles. The summed E-state index contributed by atoms with van der Waals surface area (Å²) in [5, 5.41) is 4.09. The molecule has 2 heterocycles. The second kappa shape index (κ2) is 7.15. The fourth-order valence-corrected chi connectivity index (χ4v) is 3.44. The summed E-state index contributed by atoms with van der Waals surface area (Å²) in [4.78, 5) is 29.4. The lowest BCUT2D eigenvalue weighted by Gasteiger charge is -2.33. The molecule has 1 aliphatic heterocycles. The Bertz CT molecular complexity index is 995. The van der Waals surface area contributed by atoms with Gasteiger partial charge in [-0.15, -0.1) is 0 Å². The minimum absolute atomic E-state index is 0.109. The van der Waals surface area contributed by atoms with Crippen LogP contribution in [0.1, 0.15) is 12.5 Å². The lowest BCUT2D eigenvalue weighted by atomic mass is 10.1. The van der Waals surface area contributed by atoms with Crippen molar-refractivity contribution < 1.29 is 14.3 Å². The second-order valence-electron chi connectivity index (χ2n) is 6.60. The monoisotopic (exact) mass is 363 g/mol. The van der Waals surface area contributed by atoms with Crippen molar-refractivity contribution in [2.24, 2.45) is 0 Å². The molecule has 3 aromatic rings. The SMILES string of the molecule is CC(=O)N1C[C@@H](C(=O)NCCc2c[nH]c3ccccc23)Oc2ccccc21. The highest BCUT2D eigenvalue weighted by molar-refractivity contribution is 5.95. The largest absolute Gasteiger partial charge is 0.477 e. The number of fused-ring (bicyclic) bond motifs is 2. The van der Waals surface area contributed by atoms with Crippen molar-refractivity contribution in [2.45, 2.75) is 19.4 Å². The van der Waals surface area contributed by atoms with Crippen LogP contribution in [-0.4, -0.2) is 36.0 Å². The zero-order valence-electron chi connectivity index (χ0n) is 15.1. The van der Waals surface area contributed by atoms with E-state index in [-0.39, 0.29) is 18.4 Å². The van der Waals surface area contributed by atoms with Gasteiger partial charge in [0.05, 0.1) is 12.2 Å². The molecule has 0 bridgehead atoms. The zero-order valence-corrected chi connectivity index (χ0v) is 15.1. The van der Waals surface area contributed by atoms with Crippen LogP contribution in [0.15, 0.2) is 54.7 Å². The minimum Gasteiger partial charge on any atom is -0.477 e. The Morgan fingerprint density at radius 3 is 2.81 bits per heavy atom. The van der Waals surface area contributed by atoms with Gasteiger partial charge in [-0.3, -0.25) is 9.59 Å². The van der Waals surface area contributed by atoms with Crippen LogP contribution >= 0.6 is 0 Å². The van der Waals surface area contributed by atoms with E-state index in [1.54, 1.807) is 11.0 Å². The summed E-state index contributed by atoms with van der Waals surface area (Å²) in [7, 11) is 0. The first kappa shape index (κ1) is 17.1. The Hall–Kier alpha value is -3.28. The van der Waals surface area contributed by atoms with E-state index in [1.165, 1.54) is 6.92 Å². The predicted molar refractivity (Wildman–Crippen MR) is 104 cm³/mol. The van der Waals surface area contributed by atoms with Gasteiger partial charge in [0.15, 0.2) is 6.10 Å². The molecule has 1 atom stereocenters. The quantitative estimate of drug-likeness (QED) is 0.748. The van der Waals surface area contributed by atoms with Gasteiger partial charge in [-0.25, -0.2) is 0 Å². The number of carbonyl (C=O) groups excluding carboxylic acids is 2. The molecule has 0 aliphatic carbocycles. The maximum atomic E-state index is 12.6. The van der Waals surface area contributed by atoms with E-state index in [9.17, 15) is 9.59 Å². The molecule has 0 unspecified atom stereocenters. The van der Waals surface area contributed by atoms with Crippen LogP contribution in [-0.2, 0) is 16.0 Å². The summed E-state index contributed by atoms with van der Waals surface area (Å²) >= 11 is 0. The Labute approximate surface area is 157 Å². The molecule has 6 heteroatoms. The Balaban J connectivity index is 1.41. The first-order chi connectivity index (χ1) is 13.1. The van der Waals surface area contributed by atoms with Crippen LogP contribution in [0.4, 0.5) is 5.69 Å². The van der Waals surface area contributed by atoms with E-state index in [1.807, 2.05) is 42.6 Å². The number of H-pyrrole nitrogens is 1. The molecule has 4 rings (SSSR count). The van der Waals surface area contributed by atoms with Crippen LogP contribution < -0.4 is 15.0 Å². The maximum Gasteiger partial charge on any atom is 0.262 e. The number of anilines is 1. The summed E-state index contributed by atoms with van der Waals surface area (Å²) in [6.07, 6.45) is 1.98. The van der Waals surface area contributed by atoms with E-state index < -0.39 is 6.10 Å². The fourth-order valence-electron chi connectivity index (χ4n) is 3.44. The highest BCUT2D eigenvalue weighted by Gasteiger charge is 2.32. The van der Waals surface area contributed by atoms with E-state index in [0.29, 0.717) is 18.0 Å². The Kier molecular flexibility index (Phi) is 4.54. The molecule has 1 aliphatic rings. The average molecular weight is 363 g/mol. The summed E-state index contributed by atoms with van der Waals surface area (Å²) in [5.74, 6) is 0.230. The molecule has 0 fully saturated rings. The van der Waals surface area contributed by atoms with Gasteiger partial charge < -0.3 is 19.9 Å². The number of para-hydroxylation sites is 3. The standard InChI is InChI=1S/C21H21N3O3/c1-14(25)24-13-20(27-19-9-5-4-8-18(19)24)21(26)22-11-10-15-12-23-17-7-3-2-6-16(15)17/h2-9,12,20,23H,10-11,13H2,1H3,(H,22,26)/t20-/m0/s1. The third-order valence-electron chi connectivity index (χ3n) is 4.81. The van der Waals surface area contributed by atoms with Gasteiger partial charge in [0.1, 0.15) is 5.75 Å². The van der Waals surface area contributed by atoms with Crippen molar-refractivity contribution in [3.05, 3.63) is 60.3 Å². The van der Waals surface area contributed by atoms with Gasteiger partial charge in [-0.2, -0.15) is 0 Å². The van der Waals surface area contributed by atoms with Crippen molar-refractivity contribution in [2.75, 3.05) is 18.0 Å². The van der Waals surface area contributed by atoms with E-state index in [2.05, 4.69) is 16.4 Å². The number of aromatic nitrogens is 1. The molecule has 0 saturated carbocycles. The summed E-state index contributed by atoms with van der Waals surface area (Å²) < 4.78 is 5.82. The van der Waals surface area contributed by atoms with E-state index in [4.69, 9.17) is 4.74 Å². The molecule has 2 N–H and O–H groups in total. The lowest BCUT2D eigenvalue weighted by molar-refractivity contribution is -0.128. The molecule has 2 amide bonds. The third kappa shape index (κ3) is 3.38. The van der Waals surface area contributed by atoms with Crippen LogP contribution in [0.3, 0.4) is 0 Å². The first-order valence-electron chi connectivity index (χ1n) is 9.00. The number of hydrogen-bond acceptors (Lipinski definition) is 3. The molecular formula is C21H21N3O3. The maximum absolute atomic E-state index is 12.6. The molecule has 0 spiro atoms. The van der Waals surface area contributed by atoms with Crippen LogP contribution in [0.2, 0.25) is 0 Å². The van der Waals surface area contributed by atoms with Gasteiger partial charge in [0, 0.05) is 30.6 Å². The van der Waals surface area contributed by atoms with Gasteiger partial charge in [-0.1, -0.05) is 30.3 Å². The number of ether oxygens (including phenoxy) is 1. The van der Waals surface area contributed by atoms with Gasteiger partial charge in [-0.05, 0) is 30.2 Å². The van der Waals surface area contributed by atoms with Crippen molar-refractivity contribution in [3.63, 3.8) is 0 Å². The van der Waals surface area contributed by atoms with Gasteiger partial charge in [0.25, 0.3) is 5.91 Å². The number of nitrogens with zero attached hydrogens (tertiary/aromatic N) is 1. The summed E-state index contributed by atoms with van der Waals surface area (Å²) in [6.45, 7) is 2.21. The van der Waals surface area contributed by atoms with E-state index in [0.717, 1.165) is 22.9 Å². The summed E-state index contributed by atoms with van der Waals surface area (Å²) in [6, 6.07) is 15.4. The van der Waals surface area contributed by atoms with Crippen LogP contribution in [0.25, 0.3) is 10.9 Å². The smallest absolute Gasteiger partial charge is 0.262 e. The normalized spacial score (nSPS) is 15.9. The number of carbonyl (C=O) groups is 2. The molecule has 2 aromatic carbocycles. The lowest BCUT2D eigenvalue weighted by Crippen LogP contribution is -2.50. The number of nitrogens with one attached hydrogen (secondary N) is 2. The second-order valence-corrected chi connectivity index (χ2v) is 6.60. The van der Waals surface area contributed by atoms with Crippen molar-refractivity contribution >= 4 is 28.4 Å². The highest BCUT2D eigenvalue weighted by atomic mass is 16.5. The molecule has 0 saturated heterocycles. The third-order valence-corrected chi connectivity index (χ3v) is 4.81. The number of amides is 2. The summed E-state index contributed by atoms with van der Waals surface area (Å²) in [5.41, 5.74) is 2.95. The Morgan fingerprint density at radius 1 is 1.19 bits per heavy atom. The van der Waals surface area contributed by atoms with Crippen molar-refractivity contribution in [1.29, 1.82) is 0 Å². The molecule has 0 radical (unpaired) electrons. The van der Waals surface area contributed by atoms with E-state index >= 15 is 0 Å². The number of hydrogen-bond donors (Lipinski definition) is 2.